The van der Waals surface area contributed by atoms with Crippen molar-refractivity contribution in [2.24, 2.45) is 0 Å². The number of nitrogen functional groups attached to an aromatic ring is 1. The van der Waals surface area contributed by atoms with E-state index >= 15 is 0 Å². The number of benzene rings is 1. The Hall–Kier alpha value is -1.31. The molecule has 0 aromatic heterocycles. The molecule has 1 rings (SSSR count). The first-order valence-corrected chi connectivity index (χ1v) is 7.66. The topological polar surface area (TPSA) is 101 Å². The fourth-order valence-corrected chi connectivity index (χ4v) is 2.01. The van der Waals surface area contributed by atoms with Crippen LogP contribution in [0.2, 0.25) is 0 Å². The van der Waals surface area contributed by atoms with Crippen LogP contribution in [0, 0.1) is 0 Å². The van der Waals surface area contributed by atoms with Crippen LogP contribution in [0.1, 0.15) is 12.5 Å². The molecule has 1 amide bonds. The Morgan fingerprint density at radius 1 is 1.20 bits per heavy atom. The van der Waals surface area contributed by atoms with Gasteiger partial charge in [0.25, 0.3) is 0 Å². The number of sulfonamides is 1. The van der Waals surface area contributed by atoms with Gasteiger partial charge < -0.3 is 11.1 Å². The molecule has 0 saturated carbocycles. The van der Waals surface area contributed by atoms with Crippen molar-refractivity contribution in [3.63, 3.8) is 0 Å². The van der Waals surface area contributed by atoms with E-state index in [4.69, 9.17) is 5.73 Å². The third kappa shape index (κ3) is 7.32. The summed E-state index contributed by atoms with van der Waals surface area (Å²) in [5.74, 6) is -0.118. The third-order valence-corrected chi connectivity index (χ3v) is 3.90. The minimum atomic E-state index is -3.20. The van der Waals surface area contributed by atoms with E-state index in [0.29, 0.717) is 5.69 Å². The molecule has 6 nitrogen and oxygen atoms in total. The standard InChI is InChI=1S/C12H19N3O3S.ClH/c1-2-19(17,18)15-8-7-14-12(16)9-10-3-5-11(13)6-4-10;/h3-6,15H,2,7-9,13H2,1H3,(H,14,16);1H. The third-order valence-electron chi connectivity index (χ3n) is 2.49. The van der Waals surface area contributed by atoms with Crippen molar-refractivity contribution >= 4 is 34.0 Å². The molecule has 0 atom stereocenters. The van der Waals surface area contributed by atoms with Crippen LogP contribution in [0.15, 0.2) is 24.3 Å². The van der Waals surface area contributed by atoms with Crippen LogP contribution in [0.4, 0.5) is 5.69 Å². The molecule has 0 fully saturated rings. The average Bonchev–Trinajstić information content (AvgIpc) is 2.38. The van der Waals surface area contributed by atoms with Gasteiger partial charge in [0.05, 0.1) is 12.2 Å². The number of amides is 1. The summed E-state index contributed by atoms with van der Waals surface area (Å²) >= 11 is 0. The largest absolute Gasteiger partial charge is 0.399 e. The molecule has 0 saturated heterocycles. The highest BCUT2D eigenvalue weighted by Gasteiger charge is 2.06. The fourth-order valence-electron chi connectivity index (χ4n) is 1.39. The molecule has 0 spiro atoms. The molecule has 0 aliphatic rings. The number of hydrogen-bond acceptors (Lipinski definition) is 4. The van der Waals surface area contributed by atoms with Crippen molar-refractivity contribution in [2.45, 2.75) is 13.3 Å². The van der Waals surface area contributed by atoms with Gasteiger partial charge in [-0.1, -0.05) is 12.1 Å². The van der Waals surface area contributed by atoms with Crippen LogP contribution < -0.4 is 15.8 Å². The number of anilines is 1. The van der Waals surface area contributed by atoms with E-state index < -0.39 is 10.0 Å². The number of carbonyl (C=O) groups is 1. The van der Waals surface area contributed by atoms with E-state index in [1.54, 1.807) is 31.2 Å². The van der Waals surface area contributed by atoms with E-state index in [9.17, 15) is 13.2 Å². The van der Waals surface area contributed by atoms with Crippen molar-refractivity contribution < 1.29 is 13.2 Å². The monoisotopic (exact) mass is 321 g/mol. The second kappa shape index (κ2) is 8.78. The van der Waals surface area contributed by atoms with Crippen LogP contribution in [0.25, 0.3) is 0 Å². The maximum absolute atomic E-state index is 11.6. The average molecular weight is 322 g/mol. The maximum Gasteiger partial charge on any atom is 0.224 e. The van der Waals surface area contributed by atoms with Crippen molar-refractivity contribution in [3.8, 4) is 0 Å². The van der Waals surface area contributed by atoms with E-state index in [2.05, 4.69) is 10.0 Å². The molecule has 0 radical (unpaired) electrons. The Morgan fingerprint density at radius 2 is 1.80 bits per heavy atom. The first-order chi connectivity index (χ1) is 8.93. The van der Waals surface area contributed by atoms with E-state index in [-0.39, 0.29) is 43.6 Å². The number of halogens is 1. The highest BCUT2D eigenvalue weighted by molar-refractivity contribution is 7.89. The molecule has 0 unspecified atom stereocenters. The Bertz CT molecular complexity index is 517. The van der Waals surface area contributed by atoms with Crippen molar-refractivity contribution in [1.82, 2.24) is 10.0 Å². The molecule has 0 heterocycles. The van der Waals surface area contributed by atoms with Crippen LogP contribution >= 0.6 is 12.4 Å². The summed E-state index contributed by atoms with van der Waals surface area (Å²) in [6, 6.07) is 7.04. The molecular weight excluding hydrogens is 302 g/mol. The lowest BCUT2D eigenvalue weighted by molar-refractivity contribution is -0.120. The van der Waals surface area contributed by atoms with E-state index in [1.165, 1.54) is 0 Å². The van der Waals surface area contributed by atoms with Gasteiger partial charge in [-0.05, 0) is 24.6 Å². The lowest BCUT2D eigenvalue weighted by atomic mass is 10.1. The minimum absolute atomic E-state index is 0. The van der Waals surface area contributed by atoms with Crippen molar-refractivity contribution in [3.05, 3.63) is 29.8 Å². The Labute approximate surface area is 125 Å². The molecule has 0 aliphatic carbocycles. The van der Waals surface area contributed by atoms with Gasteiger partial charge in [0.15, 0.2) is 0 Å². The van der Waals surface area contributed by atoms with Crippen molar-refractivity contribution in [1.29, 1.82) is 0 Å². The zero-order valence-corrected chi connectivity index (χ0v) is 12.9. The second-order valence-electron chi connectivity index (χ2n) is 4.07. The molecule has 1 aromatic rings. The van der Waals surface area contributed by atoms with E-state index in [1.807, 2.05) is 0 Å². The molecule has 0 aliphatic heterocycles. The van der Waals surface area contributed by atoms with Crippen LogP contribution in [-0.4, -0.2) is 33.2 Å². The van der Waals surface area contributed by atoms with Crippen LogP contribution in [0.3, 0.4) is 0 Å². The number of hydrogen-bond donors (Lipinski definition) is 3. The number of nitrogens with one attached hydrogen (secondary N) is 2. The summed E-state index contributed by atoms with van der Waals surface area (Å²) in [7, 11) is -3.20. The summed E-state index contributed by atoms with van der Waals surface area (Å²) in [4.78, 5) is 11.6. The molecule has 0 bridgehead atoms. The predicted molar refractivity (Wildman–Crippen MR) is 82.3 cm³/mol. The summed E-state index contributed by atoms with van der Waals surface area (Å²) in [5, 5.41) is 2.65. The summed E-state index contributed by atoms with van der Waals surface area (Å²) in [6.45, 7) is 2.03. The molecule has 20 heavy (non-hydrogen) atoms. The molecule has 4 N–H and O–H groups in total. The van der Waals surface area contributed by atoms with Gasteiger partial charge >= 0.3 is 0 Å². The van der Waals surface area contributed by atoms with Gasteiger partial charge in [0.1, 0.15) is 0 Å². The summed E-state index contributed by atoms with van der Waals surface area (Å²) in [5.41, 5.74) is 7.06. The first kappa shape index (κ1) is 18.7. The number of rotatable bonds is 7. The molecule has 8 heteroatoms. The minimum Gasteiger partial charge on any atom is -0.399 e. The molecule has 1 aromatic carbocycles. The lowest BCUT2D eigenvalue weighted by Gasteiger charge is -2.07. The van der Waals surface area contributed by atoms with Crippen LogP contribution in [-0.2, 0) is 21.2 Å². The summed E-state index contributed by atoms with van der Waals surface area (Å²) in [6.07, 6.45) is 0.251. The van der Waals surface area contributed by atoms with E-state index in [0.717, 1.165) is 5.56 Å². The number of nitrogens with two attached hydrogens (primary N) is 1. The second-order valence-corrected chi connectivity index (χ2v) is 6.16. The number of carbonyl (C=O) groups excluding carboxylic acids is 1. The normalized spacial score (nSPS) is 10.7. The zero-order valence-electron chi connectivity index (χ0n) is 11.3. The maximum atomic E-state index is 11.6. The quantitative estimate of drug-likeness (QED) is 0.496. The Morgan fingerprint density at radius 3 is 2.35 bits per heavy atom. The first-order valence-electron chi connectivity index (χ1n) is 6.01. The lowest BCUT2D eigenvalue weighted by Crippen LogP contribution is -2.35. The van der Waals surface area contributed by atoms with Gasteiger partial charge in [0, 0.05) is 18.8 Å². The predicted octanol–water partition coefficient (Wildman–Crippen LogP) is 0.289. The SMILES string of the molecule is CCS(=O)(=O)NCCNC(=O)Cc1ccc(N)cc1.Cl. The zero-order chi connectivity index (χ0) is 14.3. The van der Waals surface area contributed by atoms with Crippen molar-refractivity contribution in [2.75, 3.05) is 24.6 Å². The molecular formula is C12H20ClN3O3S. The van der Waals surface area contributed by atoms with Gasteiger partial charge in [-0.25, -0.2) is 13.1 Å². The Kier molecular flexibility index (Phi) is 8.21. The Balaban J connectivity index is 0.00000361. The fraction of sp³-hybridized carbons (Fsp3) is 0.417. The van der Waals surface area contributed by atoms with Gasteiger partial charge in [-0.3, -0.25) is 4.79 Å². The van der Waals surface area contributed by atoms with Gasteiger partial charge in [-0.2, -0.15) is 0 Å². The highest BCUT2D eigenvalue weighted by Crippen LogP contribution is 2.05. The smallest absolute Gasteiger partial charge is 0.224 e. The van der Waals surface area contributed by atoms with Gasteiger partial charge in [-0.15, -0.1) is 12.4 Å². The van der Waals surface area contributed by atoms with Crippen LogP contribution in [0.5, 0.6) is 0 Å². The summed E-state index contributed by atoms with van der Waals surface area (Å²) < 4.78 is 24.6. The molecule has 114 valence electrons. The van der Waals surface area contributed by atoms with Gasteiger partial charge in [0.2, 0.25) is 15.9 Å². The highest BCUT2D eigenvalue weighted by atomic mass is 35.5.